The summed E-state index contributed by atoms with van der Waals surface area (Å²) in [5.74, 6) is -0.627. The Bertz CT molecular complexity index is 590. The molecule has 0 fully saturated rings. The average molecular weight is 281 g/mol. The first-order valence-corrected chi connectivity index (χ1v) is 6.05. The fourth-order valence-electron chi connectivity index (χ4n) is 1.72. The molecule has 0 radical (unpaired) electrons. The van der Waals surface area contributed by atoms with Crippen molar-refractivity contribution >= 4 is 23.5 Å². The van der Waals surface area contributed by atoms with Crippen LogP contribution in [0.5, 0.6) is 0 Å². The van der Waals surface area contributed by atoms with E-state index in [0.717, 1.165) is 5.56 Å². The van der Waals surface area contributed by atoms with Crippen molar-refractivity contribution in [1.29, 1.82) is 0 Å². The van der Waals surface area contributed by atoms with Crippen LogP contribution in [-0.4, -0.2) is 11.1 Å². The Morgan fingerprint density at radius 3 is 2.74 bits per heavy atom. The number of nitrogen functional groups attached to an aromatic ring is 1. The average Bonchev–Trinajstić information content (AvgIpc) is 2.69. The SMILES string of the molecule is Cc1noc(N)c1C(=O)O[C@H](C)c1ccccc1Cl. The molecule has 1 heterocycles. The third-order valence-electron chi connectivity index (χ3n) is 2.72. The molecule has 0 aliphatic carbocycles. The van der Waals surface area contributed by atoms with Crippen molar-refractivity contribution in [3.8, 4) is 0 Å². The van der Waals surface area contributed by atoms with Crippen molar-refractivity contribution in [3.63, 3.8) is 0 Å². The molecule has 2 aromatic rings. The summed E-state index contributed by atoms with van der Waals surface area (Å²) in [7, 11) is 0. The van der Waals surface area contributed by atoms with Gasteiger partial charge in [-0.25, -0.2) is 4.79 Å². The number of rotatable bonds is 3. The Balaban J connectivity index is 2.18. The van der Waals surface area contributed by atoms with E-state index in [-0.39, 0.29) is 11.4 Å². The predicted octanol–water partition coefficient (Wildman–Crippen LogP) is 3.14. The van der Waals surface area contributed by atoms with Gasteiger partial charge >= 0.3 is 5.97 Å². The van der Waals surface area contributed by atoms with Gasteiger partial charge in [-0.05, 0) is 19.9 Å². The highest BCUT2D eigenvalue weighted by molar-refractivity contribution is 6.31. The summed E-state index contributed by atoms with van der Waals surface area (Å²) in [6, 6.07) is 7.16. The number of hydrogen-bond acceptors (Lipinski definition) is 5. The minimum atomic E-state index is -0.580. The van der Waals surface area contributed by atoms with Gasteiger partial charge in [-0.2, -0.15) is 0 Å². The Kier molecular flexibility index (Phi) is 3.76. The fraction of sp³-hybridized carbons (Fsp3) is 0.231. The number of aromatic nitrogens is 1. The van der Waals surface area contributed by atoms with Gasteiger partial charge in [0.2, 0.25) is 5.88 Å². The van der Waals surface area contributed by atoms with Crippen LogP contribution in [0.2, 0.25) is 5.02 Å². The number of halogens is 1. The molecule has 100 valence electrons. The molecule has 1 atom stereocenters. The van der Waals surface area contributed by atoms with Gasteiger partial charge in [0.1, 0.15) is 11.7 Å². The summed E-state index contributed by atoms with van der Waals surface area (Å²) < 4.78 is 10.0. The van der Waals surface area contributed by atoms with Gasteiger partial charge in [-0.1, -0.05) is 35.0 Å². The van der Waals surface area contributed by atoms with Gasteiger partial charge < -0.3 is 15.0 Å². The lowest BCUT2D eigenvalue weighted by Gasteiger charge is -2.14. The van der Waals surface area contributed by atoms with Crippen LogP contribution in [-0.2, 0) is 4.74 Å². The van der Waals surface area contributed by atoms with Gasteiger partial charge in [0.25, 0.3) is 0 Å². The van der Waals surface area contributed by atoms with Gasteiger partial charge in [-0.3, -0.25) is 0 Å². The van der Waals surface area contributed by atoms with Crippen LogP contribution in [0.3, 0.4) is 0 Å². The molecular weight excluding hydrogens is 268 g/mol. The van der Waals surface area contributed by atoms with E-state index in [2.05, 4.69) is 5.16 Å². The van der Waals surface area contributed by atoms with E-state index in [1.807, 2.05) is 12.1 Å². The summed E-state index contributed by atoms with van der Waals surface area (Å²) in [4.78, 5) is 12.0. The number of esters is 1. The molecular formula is C13H13ClN2O3. The molecule has 2 N–H and O–H groups in total. The monoisotopic (exact) mass is 280 g/mol. The largest absolute Gasteiger partial charge is 0.454 e. The van der Waals surface area contributed by atoms with Crippen molar-refractivity contribution in [2.75, 3.05) is 5.73 Å². The molecule has 0 aliphatic rings. The summed E-state index contributed by atoms with van der Waals surface area (Å²) in [5, 5.41) is 4.15. The second-order valence-corrected chi connectivity index (χ2v) is 4.48. The highest BCUT2D eigenvalue weighted by Gasteiger charge is 2.23. The Morgan fingerprint density at radius 2 is 2.16 bits per heavy atom. The Hall–Kier alpha value is -2.01. The van der Waals surface area contributed by atoms with Gasteiger partial charge in [0.15, 0.2) is 0 Å². The number of hydrogen-bond donors (Lipinski definition) is 1. The van der Waals surface area contributed by atoms with Crippen LogP contribution >= 0.6 is 11.6 Å². The van der Waals surface area contributed by atoms with Crippen molar-refractivity contribution in [1.82, 2.24) is 5.16 Å². The molecule has 0 spiro atoms. The van der Waals surface area contributed by atoms with Gasteiger partial charge in [0, 0.05) is 10.6 Å². The van der Waals surface area contributed by atoms with Gasteiger partial charge in [-0.15, -0.1) is 0 Å². The standard InChI is InChI=1S/C13H13ClN2O3/c1-7-11(12(15)19-16-7)13(17)18-8(2)9-5-3-4-6-10(9)14/h3-6,8H,15H2,1-2H3/t8-/m1/s1. The maximum absolute atomic E-state index is 12.0. The molecule has 19 heavy (non-hydrogen) atoms. The molecule has 0 saturated heterocycles. The molecule has 6 heteroatoms. The molecule has 0 bridgehead atoms. The van der Waals surface area contributed by atoms with Crippen molar-refractivity contribution < 1.29 is 14.1 Å². The molecule has 0 saturated carbocycles. The van der Waals surface area contributed by atoms with Crippen molar-refractivity contribution in [3.05, 3.63) is 46.1 Å². The molecule has 5 nitrogen and oxygen atoms in total. The minimum absolute atomic E-state index is 0.0474. The fourth-order valence-corrected chi connectivity index (χ4v) is 2.01. The normalized spacial score (nSPS) is 12.2. The van der Waals surface area contributed by atoms with E-state index in [9.17, 15) is 4.79 Å². The van der Waals surface area contributed by atoms with Crippen LogP contribution in [0, 0.1) is 6.92 Å². The first-order valence-electron chi connectivity index (χ1n) is 5.68. The van der Waals surface area contributed by atoms with E-state index in [1.165, 1.54) is 0 Å². The molecule has 0 unspecified atom stereocenters. The third kappa shape index (κ3) is 2.71. The minimum Gasteiger partial charge on any atom is -0.454 e. The zero-order valence-corrected chi connectivity index (χ0v) is 11.3. The highest BCUT2D eigenvalue weighted by Crippen LogP contribution is 2.27. The van der Waals surface area contributed by atoms with Crippen LogP contribution in [0.15, 0.2) is 28.8 Å². The number of aryl methyl sites for hydroxylation is 1. The predicted molar refractivity (Wildman–Crippen MR) is 70.9 cm³/mol. The number of benzene rings is 1. The molecule has 0 aliphatic heterocycles. The number of nitrogens with two attached hydrogens (primary N) is 1. The second kappa shape index (κ2) is 5.32. The van der Waals surface area contributed by atoms with Gasteiger partial charge in [0.05, 0.1) is 5.69 Å². The quantitative estimate of drug-likeness (QED) is 0.874. The Morgan fingerprint density at radius 1 is 1.47 bits per heavy atom. The van der Waals surface area contributed by atoms with E-state index in [1.54, 1.807) is 26.0 Å². The van der Waals surface area contributed by atoms with Crippen LogP contribution < -0.4 is 5.73 Å². The van der Waals surface area contributed by atoms with E-state index >= 15 is 0 Å². The number of nitrogens with zero attached hydrogens (tertiary/aromatic N) is 1. The topological polar surface area (TPSA) is 78.4 Å². The zero-order valence-electron chi connectivity index (χ0n) is 10.5. The molecule has 0 amide bonds. The molecule has 2 rings (SSSR count). The van der Waals surface area contributed by atoms with Crippen molar-refractivity contribution in [2.24, 2.45) is 0 Å². The number of carbonyl (C=O) groups excluding carboxylic acids is 1. The Labute approximate surface area is 115 Å². The van der Waals surface area contributed by atoms with E-state index in [4.69, 9.17) is 26.6 Å². The summed E-state index contributed by atoms with van der Waals surface area (Å²) >= 11 is 6.04. The third-order valence-corrected chi connectivity index (χ3v) is 3.06. The van der Waals surface area contributed by atoms with E-state index < -0.39 is 12.1 Å². The number of anilines is 1. The van der Waals surface area contributed by atoms with Crippen LogP contribution in [0.4, 0.5) is 5.88 Å². The summed E-state index contributed by atoms with van der Waals surface area (Å²) in [6.45, 7) is 3.36. The smallest absolute Gasteiger partial charge is 0.346 e. The number of carbonyl (C=O) groups is 1. The van der Waals surface area contributed by atoms with Crippen LogP contribution in [0.25, 0.3) is 0 Å². The lowest BCUT2D eigenvalue weighted by atomic mass is 10.1. The molecule has 1 aromatic heterocycles. The maximum atomic E-state index is 12.0. The molecule has 1 aromatic carbocycles. The van der Waals surface area contributed by atoms with Crippen LogP contribution in [0.1, 0.15) is 34.6 Å². The first kappa shape index (κ1) is 13.4. The number of ether oxygens (including phenoxy) is 1. The van der Waals surface area contributed by atoms with E-state index in [0.29, 0.717) is 10.7 Å². The summed E-state index contributed by atoms with van der Waals surface area (Å²) in [5.41, 5.74) is 6.81. The lowest BCUT2D eigenvalue weighted by Crippen LogP contribution is -2.11. The summed E-state index contributed by atoms with van der Waals surface area (Å²) in [6.07, 6.45) is -0.491. The zero-order chi connectivity index (χ0) is 14.0. The highest BCUT2D eigenvalue weighted by atomic mass is 35.5. The lowest BCUT2D eigenvalue weighted by molar-refractivity contribution is 0.0338. The second-order valence-electron chi connectivity index (χ2n) is 4.08. The maximum Gasteiger partial charge on any atom is 0.346 e. The van der Waals surface area contributed by atoms with Crippen molar-refractivity contribution in [2.45, 2.75) is 20.0 Å². The first-order chi connectivity index (χ1) is 9.00.